The normalized spacial score (nSPS) is 53.1. The van der Waals surface area contributed by atoms with Gasteiger partial charge in [0, 0.05) is 23.7 Å². The lowest BCUT2D eigenvalue weighted by Gasteiger charge is -2.65. The number of aliphatic hydroxyl groups is 2. The number of carbonyl (C=O) groups excluding carboxylic acids is 2. The predicted octanol–water partition coefficient (Wildman–Crippen LogP) is 3.19. The van der Waals surface area contributed by atoms with Gasteiger partial charge in [-0.3, -0.25) is 9.59 Å². The molecule has 6 nitrogen and oxygen atoms in total. The Labute approximate surface area is 192 Å². The molecule has 0 unspecified atom stereocenters. The predicted molar refractivity (Wildman–Crippen MR) is 113 cm³/mol. The van der Waals surface area contributed by atoms with Gasteiger partial charge in [0.15, 0.2) is 12.1 Å². The zero-order valence-corrected chi connectivity index (χ0v) is 19.5. The highest BCUT2D eigenvalue weighted by atomic mass is 19.1. The van der Waals surface area contributed by atoms with Crippen LogP contribution in [0.3, 0.4) is 0 Å². The molecule has 33 heavy (non-hydrogen) atoms. The van der Waals surface area contributed by atoms with E-state index in [0.29, 0.717) is 19.3 Å². The van der Waals surface area contributed by atoms with Crippen molar-refractivity contribution in [2.24, 2.45) is 28.6 Å². The molecule has 1 heterocycles. The zero-order valence-electron chi connectivity index (χ0n) is 19.5. The number of fused-ring (bicyclic) bond motifs is 5. The van der Waals surface area contributed by atoms with Crippen LogP contribution in [0.25, 0.3) is 0 Å². The first-order chi connectivity index (χ1) is 15.5. The van der Waals surface area contributed by atoms with Gasteiger partial charge >= 0.3 is 0 Å². The van der Waals surface area contributed by atoms with Gasteiger partial charge in [-0.15, -0.1) is 0 Å². The van der Waals surface area contributed by atoms with Gasteiger partial charge in [0.1, 0.15) is 18.4 Å². The molecule has 3 saturated carbocycles. The van der Waals surface area contributed by atoms with Crippen LogP contribution in [0.5, 0.6) is 0 Å². The Morgan fingerprint density at radius 3 is 2.58 bits per heavy atom. The molecule has 184 valence electrons. The lowest BCUT2D eigenvalue weighted by atomic mass is 9.43. The molecule has 0 aromatic carbocycles. The van der Waals surface area contributed by atoms with Crippen LogP contribution in [0.1, 0.15) is 65.7 Å². The maximum absolute atomic E-state index is 17.4. The largest absolute Gasteiger partial charge is 0.390 e. The van der Waals surface area contributed by atoms with E-state index in [4.69, 9.17) is 9.47 Å². The van der Waals surface area contributed by atoms with Gasteiger partial charge in [-0.2, -0.15) is 0 Å². The smallest absolute Gasteiger partial charge is 0.238 e. The Bertz CT molecular complexity index is 899. The van der Waals surface area contributed by atoms with Crippen molar-refractivity contribution in [3.63, 3.8) is 0 Å². The first-order valence-electron chi connectivity index (χ1n) is 12.2. The molecule has 0 aromatic heterocycles. The van der Waals surface area contributed by atoms with Gasteiger partial charge in [0.2, 0.25) is 11.6 Å². The molecule has 0 aromatic rings. The van der Waals surface area contributed by atoms with Crippen molar-refractivity contribution in [1.29, 1.82) is 0 Å². The Balaban J connectivity index is 1.55. The third kappa shape index (κ3) is 2.84. The number of carbonyl (C=O) groups is 2. The number of halogens is 2. The third-order valence-corrected chi connectivity index (χ3v) is 9.79. The fraction of sp³-hybridized carbons (Fsp3) is 0.840. The van der Waals surface area contributed by atoms with E-state index in [1.54, 1.807) is 6.92 Å². The summed E-state index contributed by atoms with van der Waals surface area (Å²) >= 11 is 0. The van der Waals surface area contributed by atoms with E-state index in [1.807, 2.05) is 13.8 Å². The van der Waals surface area contributed by atoms with Gasteiger partial charge in [-0.1, -0.05) is 27.2 Å². The van der Waals surface area contributed by atoms with E-state index in [0.717, 1.165) is 12.5 Å². The summed E-state index contributed by atoms with van der Waals surface area (Å²) in [6.07, 6.45) is -0.239. The van der Waals surface area contributed by atoms with E-state index in [1.165, 1.54) is 0 Å². The maximum atomic E-state index is 17.4. The first kappa shape index (κ1) is 23.5. The van der Waals surface area contributed by atoms with Crippen LogP contribution in [-0.2, 0) is 19.1 Å². The van der Waals surface area contributed by atoms with E-state index in [2.05, 4.69) is 0 Å². The molecule has 0 bridgehead atoms. The van der Waals surface area contributed by atoms with Gasteiger partial charge in [-0.05, 0) is 55.1 Å². The van der Waals surface area contributed by atoms with Crippen LogP contribution in [0.15, 0.2) is 11.6 Å². The highest BCUT2D eigenvalue weighted by Gasteiger charge is 2.75. The number of aliphatic hydroxyl groups excluding tert-OH is 2. The zero-order chi connectivity index (χ0) is 24.0. The number of allylic oxidation sites excluding steroid dienone is 1. The minimum Gasteiger partial charge on any atom is -0.390 e. The second-order valence-corrected chi connectivity index (χ2v) is 11.3. The second-order valence-electron chi connectivity index (χ2n) is 11.3. The van der Waals surface area contributed by atoms with Gasteiger partial charge in [-0.25, -0.2) is 8.78 Å². The molecule has 1 aliphatic heterocycles. The highest BCUT2D eigenvalue weighted by molar-refractivity contribution is 5.98. The molecular weight excluding hydrogens is 434 g/mol. The first-order valence-corrected chi connectivity index (χ1v) is 12.2. The van der Waals surface area contributed by atoms with Crippen molar-refractivity contribution in [2.75, 3.05) is 6.61 Å². The molecule has 1 spiro atoms. The van der Waals surface area contributed by atoms with E-state index in [-0.39, 0.29) is 36.5 Å². The minimum absolute atomic E-state index is 0.0437. The number of alkyl halides is 2. The summed E-state index contributed by atoms with van der Waals surface area (Å²) in [7, 11) is 0. The van der Waals surface area contributed by atoms with Crippen molar-refractivity contribution >= 4 is 11.6 Å². The molecule has 5 aliphatic rings. The van der Waals surface area contributed by atoms with Crippen molar-refractivity contribution in [3.8, 4) is 0 Å². The van der Waals surface area contributed by atoms with Crippen molar-refractivity contribution in [3.05, 3.63) is 11.6 Å². The summed E-state index contributed by atoms with van der Waals surface area (Å²) in [6.45, 7) is 4.82. The molecule has 1 saturated heterocycles. The van der Waals surface area contributed by atoms with Crippen molar-refractivity contribution in [2.45, 2.75) is 95.7 Å². The van der Waals surface area contributed by atoms with E-state index in [9.17, 15) is 19.8 Å². The summed E-state index contributed by atoms with van der Waals surface area (Å²) < 4.78 is 44.7. The number of hydrogen-bond donors (Lipinski definition) is 2. The monoisotopic (exact) mass is 468 g/mol. The Hall–Kier alpha value is -1.22. The van der Waals surface area contributed by atoms with Crippen LogP contribution in [0.4, 0.5) is 8.78 Å². The SMILES string of the molecule is CCCC1OC2(C[C@@]3(C)C(=CC2=O)[C@@H](F)C[C@H]2[C@@H]4CC[C@@H](C(=O)CO)[C@@]4(C)C[C@H](O)[C@@]23F)O1. The van der Waals surface area contributed by atoms with Crippen LogP contribution in [0, 0.1) is 28.6 Å². The Morgan fingerprint density at radius 1 is 1.24 bits per heavy atom. The van der Waals surface area contributed by atoms with Crippen molar-refractivity contribution < 1.29 is 38.1 Å². The number of Topliss-reactive ketones (excluding diaryl/α,β-unsaturated/α-hetero) is 1. The number of hydrogen-bond acceptors (Lipinski definition) is 6. The average Bonchev–Trinajstić information content (AvgIpc) is 3.07. The lowest BCUT2D eigenvalue weighted by molar-refractivity contribution is -0.439. The van der Waals surface area contributed by atoms with Crippen LogP contribution in [-0.4, -0.2) is 58.4 Å². The Morgan fingerprint density at radius 2 is 1.94 bits per heavy atom. The minimum atomic E-state index is -2.20. The summed E-state index contributed by atoms with van der Waals surface area (Å²) in [4.78, 5) is 25.3. The lowest BCUT2D eigenvalue weighted by Crippen LogP contribution is -2.73. The molecule has 4 aliphatic carbocycles. The van der Waals surface area contributed by atoms with E-state index < -0.39 is 65.1 Å². The molecule has 8 atom stereocenters. The molecule has 0 amide bonds. The number of ether oxygens (including phenoxy) is 2. The highest BCUT2D eigenvalue weighted by Crippen LogP contribution is 2.71. The topological polar surface area (TPSA) is 93.1 Å². The molecular formula is C25H34F2O6. The van der Waals surface area contributed by atoms with Gasteiger partial charge in [0.25, 0.3) is 0 Å². The van der Waals surface area contributed by atoms with Crippen LogP contribution < -0.4 is 0 Å². The Kier molecular flexibility index (Phi) is 5.27. The van der Waals surface area contributed by atoms with Crippen molar-refractivity contribution in [1.82, 2.24) is 0 Å². The average molecular weight is 469 g/mol. The maximum Gasteiger partial charge on any atom is 0.238 e. The summed E-state index contributed by atoms with van der Waals surface area (Å²) in [5, 5.41) is 20.8. The van der Waals surface area contributed by atoms with Gasteiger partial charge < -0.3 is 19.7 Å². The molecule has 5 rings (SSSR count). The summed E-state index contributed by atoms with van der Waals surface area (Å²) in [5.74, 6) is -4.06. The standard InChI is InChI=1S/C25H34F2O6/c1-4-5-21-32-24(33-21)12-23(3)16(9-19(24)30)17(26)8-15-13-6-7-14(18(29)11-28)22(13,2)10-20(31)25(15,23)27/h9,13-15,17,20-21,28,31H,4-8,10-12H2,1-3H3/t13-,14-,15-,17-,20-,21?,22-,23-,24?,25-/m0/s1. The van der Waals surface area contributed by atoms with Gasteiger partial charge in [0.05, 0.1) is 6.10 Å². The molecule has 8 heteroatoms. The van der Waals surface area contributed by atoms with Crippen LogP contribution in [0.2, 0.25) is 0 Å². The molecule has 4 fully saturated rings. The quantitative estimate of drug-likeness (QED) is 0.658. The number of rotatable bonds is 4. The van der Waals surface area contributed by atoms with E-state index >= 15 is 8.78 Å². The molecule has 2 N–H and O–H groups in total. The third-order valence-electron chi connectivity index (χ3n) is 9.79. The summed E-state index contributed by atoms with van der Waals surface area (Å²) in [6, 6.07) is 0. The fourth-order valence-corrected chi connectivity index (χ4v) is 8.27. The molecule has 0 radical (unpaired) electrons. The number of ketones is 2. The fourth-order valence-electron chi connectivity index (χ4n) is 8.27. The van der Waals surface area contributed by atoms with Crippen LogP contribution >= 0.6 is 0 Å². The second kappa shape index (κ2) is 7.39. The summed E-state index contributed by atoms with van der Waals surface area (Å²) in [5.41, 5.74) is -4.32.